The van der Waals surface area contributed by atoms with Crippen LogP contribution in [0, 0.1) is 0 Å². The van der Waals surface area contributed by atoms with E-state index in [0.29, 0.717) is 6.04 Å². The molecule has 0 saturated carbocycles. The largest absolute Gasteiger partial charge is 0.313 e. The normalized spacial score (nSPS) is 19.4. The maximum Gasteiger partial charge on any atom is 0.0775 e. The minimum absolute atomic E-state index is 0.706. The number of nitrogens with zero attached hydrogens (tertiary/aromatic N) is 1. The molecule has 1 atom stereocenters. The monoisotopic (exact) mass is 304 g/mol. The molecule has 21 heavy (non-hydrogen) atoms. The van der Waals surface area contributed by atoms with E-state index in [9.17, 15) is 0 Å². The first kappa shape index (κ1) is 16.7. The molecular weight excluding hydrogens is 272 g/mol. The van der Waals surface area contributed by atoms with E-state index in [1.807, 2.05) is 0 Å². The Balaban J connectivity index is 1.95. The van der Waals surface area contributed by atoms with Crippen LogP contribution < -0.4 is 10.5 Å². The summed E-state index contributed by atoms with van der Waals surface area (Å²) < 4.78 is 0. The fourth-order valence-electron chi connectivity index (χ4n) is 3.14. The van der Waals surface area contributed by atoms with Crippen LogP contribution in [0.15, 0.2) is 24.3 Å². The summed E-state index contributed by atoms with van der Waals surface area (Å²) in [5.41, 5.74) is 1.46. The molecule has 1 aromatic rings. The Hall–Kier alpha value is -0.643. The maximum absolute atomic E-state index is 3.62. The summed E-state index contributed by atoms with van der Waals surface area (Å²) in [6.07, 6.45) is 3.92. The summed E-state index contributed by atoms with van der Waals surface area (Å²) in [5.74, 6) is 0. The first-order chi connectivity index (χ1) is 9.99. The third-order valence-corrected chi connectivity index (χ3v) is 6.47. The Morgan fingerprint density at radius 3 is 2.43 bits per heavy atom. The van der Waals surface area contributed by atoms with Gasteiger partial charge in [0.15, 0.2) is 0 Å². The van der Waals surface area contributed by atoms with Gasteiger partial charge in [-0.15, -0.1) is 0 Å². The highest BCUT2D eigenvalue weighted by atomic mass is 28.3. The minimum Gasteiger partial charge on any atom is -0.313 e. The van der Waals surface area contributed by atoms with Crippen LogP contribution in [0.5, 0.6) is 0 Å². The molecule has 0 aromatic heterocycles. The average Bonchev–Trinajstić information content (AvgIpc) is 2.91. The van der Waals surface area contributed by atoms with Gasteiger partial charge in [-0.25, -0.2) is 0 Å². The van der Waals surface area contributed by atoms with Crippen molar-refractivity contribution < 1.29 is 0 Å². The Labute approximate surface area is 131 Å². The zero-order valence-electron chi connectivity index (χ0n) is 14.3. The summed E-state index contributed by atoms with van der Waals surface area (Å²) in [7, 11) is -1.16. The van der Waals surface area contributed by atoms with Gasteiger partial charge in [0.2, 0.25) is 0 Å². The molecule has 0 radical (unpaired) electrons. The lowest BCUT2D eigenvalue weighted by Gasteiger charge is -2.25. The van der Waals surface area contributed by atoms with Crippen molar-refractivity contribution in [1.82, 2.24) is 10.2 Å². The molecule has 0 spiro atoms. The Morgan fingerprint density at radius 1 is 1.19 bits per heavy atom. The number of benzene rings is 1. The predicted octanol–water partition coefficient (Wildman–Crippen LogP) is 3.20. The molecule has 2 nitrogen and oxygen atoms in total. The van der Waals surface area contributed by atoms with Gasteiger partial charge in [-0.2, -0.15) is 0 Å². The second kappa shape index (κ2) is 7.57. The van der Waals surface area contributed by atoms with Crippen molar-refractivity contribution in [3.05, 3.63) is 29.8 Å². The van der Waals surface area contributed by atoms with Gasteiger partial charge in [-0.3, -0.25) is 4.90 Å². The van der Waals surface area contributed by atoms with Crippen molar-refractivity contribution in [2.45, 2.75) is 58.4 Å². The van der Waals surface area contributed by atoms with Crippen molar-refractivity contribution in [1.29, 1.82) is 0 Å². The Morgan fingerprint density at radius 2 is 1.90 bits per heavy atom. The van der Waals surface area contributed by atoms with E-state index < -0.39 is 8.07 Å². The fraction of sp³-hybridized carbons (Fsp3) is 0.667. The SMILES string of the molecule is CCCN(Cc1ccc([Si](C)(C)C)cc1)CC1CCCN1. The molecule has 0 amide bonds. The molecule has 3 heteroatoms. The summed E-state index contributed by atoms with van der Waals surface area (Å²) in [5, 5.41) is 5.19. The second-order valence-corrected chi connectivity index (χ2v) is 12.6. The van der Waals surface area contributed by atoms with Gasteiger partial charge in [0.1, 0.15) is 0 Å². The van der Waals surface area contributed by atoms with Gasteiger partial charge >= 0.3 is 0 Å². The van der Waals surface area contributed by atoms with Gasteiger partial charge in [0.25, 0.3) is 0 Å². The highest BCUT2D eigenvalue weighted by Gasteiger charge is 2.18. The van der Waals surface area contributed by atoms with E-state index in [1.54, 1.807) is 5.19 Å². The van der Waals surface area contributed by atoms with Crippen LogP contribution in [0.4, 0.5) is 0 Å². The van der Waals surface area contributed by atoms with E-state index in [0.717, 1.165) is 6.54 Å². The minimum atomic E-state index is -1.16. The van der Waals surface area contributed by atoms with E-state index in [-0.39, 0.29) is 0 Å². The Kier molecular flexibility index (Phi) is 6.03. The van der Waals surface area contributed by atoms with Crippen LogP contribution in [0.25, 0.3) is 0 Å². The van der Waals surface area contributed by atoms with Crippen molar-refractivity contribution in [2.75, 3.05) is 19.6 Å². The molecule has 1 saturated heterocycles. The van der Waals surface area contributed by atoms with Gasteiger partial charge < -0.3 is 5.32 Å². The molecule has 1 aromatic carbocycles. The highest BCUT2D eigenvalue weighted by molar-refractivity contribution is 6.88. The first-order valence-electron chi connectivity index (χ1n) is 8.54. The van der Waals surface area contributed by atoms with Crippen LogP contribution in [0.3, 0.4) is 0 Å². The highest BCUT2D eigenvalue weighted by Crippen LogP contribution is 2.11. The quantitative estimate of drug-likeness (QED) is 0.778. The number of hydrogen-bond acceptors (Lipinski definition) is 2. The van der Waals surface area contributed by atoms with E-state index in [1.165, 1.54) is 44.5 Å². The molecule has 1 unspecified atom stereocenters. The van der Waals surface area contributed by atoms with Crippen molar-refractivity contribution >= 4 is 13.3 Å². The molecule has 2 rings (SSSR count). The lowest BCUT2D eigenvalue weighted by atomic mass is 10.1. The molecule has 0 aliphatic carbocycles. The molecule has 1 heterocycles. The molecule has 0 bridgehead atoms. The average molecular weight is 305 g/mol. The number of nitrogens with one attached hydrogen (secondary N) is 1. The van der Waals surface area contributed by atoms with Gasteiger partial charge in [-0.1, -0.05) is 56.0 Å². The third kappa shape index (κ3) is 5.24. The lowest BCUT2D eigenvalue weighted by Crippen LogP contribution is -2.38. The molecule has 1 aliphatic heterocycles. The Bertz CT molecular complexity index is 416. The van der Waals surface area contributed by atoms with Crippen LogP contribution >= 0.6 is 0 Å². The van der Waals surface area contributed by atoms with E-state index in [2.05, 4.69) is 61.0 Å². The zero-order chi connectivity index (χ0) is 15.3. The van der Waals surface area contributed by atoms with Crippen molar-refractivity contribution in [3.63, 3.8) is 0 Å². The van der Waals surface area contributed by atoms with Gasteiger partial charge in [0.05, 0.1) is 8.07 Å². The lowest BCUT2D eigenvalue weighted by molar-refractivity contribution is 0.241. The van der Waals surface area contributed by atoms with Crippen LogP contribution in [-0.4, -0.2) is 38.6 Å². The van der Waals surface area contributed by atoms with E-state index in [4.69, 9.17) is 0 Å². The first-order valence-corrected chi connectivity index (χ1v) is 12.0. The number of rotatable bonds is 7. The molecule has 1 fully saturated rings. The maximum atomic E-state index is 3.62. The second-order valence-electron chi connectivity index (χ2n) is 7.48. The summed E-state index contributed by atoms with van der Waals surface area (Å²) in [6.45, 7) is 14.2. The van der Waals surface area contributed by atoms with Gasteiger partial charge in [-0.05, 0) is 37.9 Å². The fourth-order valence-corrected chi connectivity index (χ4v) is 4.31. The van der Waals surface area contributed by atoms with Crippen molar-refractivity contribution in [3.8, 4) is 0 Å². The van der Waals surface area contributed by atoms with Crippen molar-refractivity contribution in [2.24, 2.45) is 0 Å². The van der Waals surface area contributed by atoms with Gasteiger partial charge in [0, 0.05) is 19.1 Å². The van der Waals surface area contributed by atoms with Crippen LogP contribution in [0.2, 0.25) is 19.6 Å². The predicted molar refractivity (Wildman–Crippen MR) is 96.0 cm³/mol. The summed E-state index contributed by atoms with van der Waals surface area (Å²) in [4.78, 5) is 2.62. The molecule has 1 aliphatic rings. The summed E-state index contributed by atoms with van der Waals surface area (Å²) >= 11 is 0. The zero-order valence-corrected chi connectivity index (χ0v) is 15.3. The third-order valence-electron chi connectivity index (χ3n) is 4.41. The smallest absolute Gasteiger partial charge is 0.0775 e. The summed E-state index contributed by atoms with van der Waals surface area (Å²) in [6, 6.07) is 10.1. The number of hydrogen-bond donors (Lipinski definition) is 1. The molecule has 1 N–H and O–H groups in total. The topological polar surface area (TPSA) is 15.3 Å². The van der Waals surface area contributed by atoms with E-state index >= 15 is 0 Å². The van der Waals surface area contributed by atoms with Crippen LogP contribution in [0.1, 0.15) is 31.7 Å². The standard InChI is InChI=1S/C18H32N2Si/c1-5-13-20(15-17-7-6-12-19-17)14-16-8-10-18(11-9-16)21(2,3)4/h8-11,17,19H,5-7,12-15H2,1-4H3. The van der Waals surface area contributed by atoms with Crippen LogP contribution in [-0.2, 0) is 6.54 Å². The molecular formula is C18H32N2Si. The molecule has 118 valence electrons.